The van der Waals surface area contributed by atoms with Crippen molar-refractivity contribution in [2.45, 2.75) is 50.5 Å². The molecule has 0 aliphatic carbocycles. The first-order valence-corrected chi connectivity index (χ1v) is 12.0. The molecule has 0 saturated carbocycles. The van der Waals surface area contributed by atoms with Gasteiger partial charge in [0.1, 0.15) is 10.5 Å². The third kappa shape index (κ3) is 6.08. The monoisotopic (exact) mass is 459 g/mol. The lowest BCUT2D eigenvalue weighted by molar-refractivity contribution is 0.0635. The number of hydrogen-bond acceptors (Lipinski definition) is 5. The molecule has 1 fully saturated rings. The Kier molecular flexibility index (Phi) is 7.20. The zero-order valence-corrected chi connectivity index (χ0v) is 19.4. The molecule has 1 aliphatic heterocycles. The Morgan fingerprint density at radius 2 is 1.53 bits per heavy atom. The smallest absolute Gasteiger partial charge is 0.412 e. The normalized spacial score (nSPS) is 15.1. The Morgan fingerprint density at radius 3 is 2.16 bits per heavy atom. The maximum Gasteiger partial charge on any atom is 0.412 e. The van der Waals surface area contributed by atoms with Crippen molar-refractivity contribution in [3.8, 4) is 0 Å². The van der Waals surface area contributed by atoms with Crippen LogP contribution in [0, 0.1) is 0 Å². The summed E-state index contributed by atoms with van der Waals surface area (Å²) in [6.45, 7) is 6.27. The summed E-state index contributed by atoms with van der Waals surface area (Å²) in [7, 11) is -3.70. The Balaban J connectivity index is 1.72. The maximum absolute atomic E-state index is 13.1. The van der Waals surface area contributed by atoms with E-state index in [1.54, 1.807) is 63.2 Å². The topological polar surface area (TPSA) is 105 Å². The predicted octanol–water partition coefficient (Wildman–Crippen LogP) is 4.46. The van der Waals surface area contributed by atoms with Crippen LogP contribution < -0.4 is 10.6 Å². The Bertz CT molecular complexity index is 1070. The van der Waals surface area contributed by atoms with Crippen molar-refractivity contribution in [1.82, 2.24) is 4.31 Å². The molecule has 1 aliphatic rings. The third-order valence-electron chi connectivity index (χ3n) is 4.86. The summed E-state index contributed by atoms with van der Waals surface area (Å²) in [5.74, 6) is -0.449. The minimum absolute atomic E-state index is 0.0819. The molecule has 2 N–H and O–H groups in total. The highest BCUT2D eigenvalue weighted by atomic mass is 32.2. The second-order valence-corrected chi connectivity index (χ2v) is 10.5. The highest BCUT2D eigenvalue weighted by Gasteiger charge is 2.28. The summed E-state index contributed by atoms with van der Waals surface area (Å²) >= 11 is 0. The number of nitrogens with one attached hydrogen (secondary N) is 2. The molecule has 9 heteroatoms. The number of carbonyl (C=O) groups excluding carboxylic acids is 2. The van der Waals surface area contributed by atoms with Gasteiger partial charge in [-0.3, -0.25) is 10.1 Å². The average Bonchev–Trinajstić information content (AvgIpc) is 2.74. The summed E-state index contributed by atoms with van der Waals surface area (Å²) < 4.78 is 32.9. The number of rotatable bonds is 5. The number of piperidine rings is 1. The molecule has 0 unspecified atom stereocenters. The largest absolute Gasteiger partial charge is 0.444 e. The number of hydrogen-bond donors (Lipinski definition) is 2. The van der Waals surface area contributed by atoms with E-state index in [2.05, 4.69) is 10.6 Å². The van der Waals surface area contributed by atoms with E-state index in [0.717, 1.165) is 19.3 Å². The molecule has 32 heavy (non-hydrogen) atoms. The van der Waals surface area contributed by atoms with Crippen LogP contribution in [0.15, 0.2) is 53.4 Å². The van der Waals surface area contributed by atoms with Crippen LogP contribution in [0.25, 0.3) is 0 Å². The zero-order chi connectivity index (χ0) is 23.4. The molecule has 2 amide bonds. The van der Waals surface area contributed by atoms with Crippen LogP contribution >= 0.6 is 0 Å². The molecular weight excluding hydrogens is 430 g/mol. The molecule has 0 spiro atoms. The summed E-state index contributed by atoms with van der Waals surface area (Å²) in [6.07, 6.45) is 2.09. The molecule has 3 rings (SSSR count). The first-order chi connectivity index (χ1) is 15.1. The van der Waals surface area contributed by atoms with Gasteiger partial charge in [-0.05, 0) is 70.0 Å². The van der Waals surface area contributed by atoms with Gasteiger partial charge < -0.3 is 10.1 Å². The fourth-order valence-electron chi connectivity index (χ4n) is 3.36. The molecule has 2 aromatic rings. The van der Waals surface area contributed by atoms with Gasteiger partial charge in [-0.2, -0.15) is 4.31 Å². The summed E-state index contributed by atoms with van der Waals surface area (Å²) in [5, 5.41) is 5.31. The summed E-state index contributed by atoms with van der Waals surface area (Å²) in [6, 6.07) is 12.7. The molecule has 0 radical (unpaired) electrons. The van der Waals surface area contributed by atoms with E-state index in [1.807, 2.05) is 0 Å². The van der Waals surface area contributed by atoms with Gasteiger partial charge in [0.05, 0.1) is 5.69 Å². The van der Waals surface area contributed by atoms with Gasteiger partial charge in [-0.15, -0.1) is 0 Å². The average molecular weight is 460 g/mol. The van der Waals surface area contributed by atoms with E-state index in [9.17, 15) is 18.0 Å². The molecule has 0 aromatic heterocycles. The van der Waals surface area contributed by atoms with Gasteiger partial charge >= 0.3 is 6.09 Å². The molecule has 1 saturated heterocycles. The Labute approximate surface area is 189 Å². The second-order valence-electron chi connectivity index (χ2n) is 8.62. The second kappa shape index (κ2) is 9.70. The van der Waals surface area contributed by atoms with E-state index in [4.69, 9.17) is 4.74 Å². The number of para-hydroxylation sites is 1. The van der Waals surface area contributed by atoms with Crippen LogP contribution in [0.3, 0.4) is 0 Å². The number of ether oxygens (including phenoxy) is 1. The van der Waals surface area contributed by atoms with Crippen molar-refractivity contribution in [3.05, 3.63) is 54.1 Å². The van der Waals surface area contributed by atoms with Crippen LogP contribution in [-0.2, 0) is 14.8 Å². The first-order valence-electron chi connectivity index (χ1n) is 10.6. The fourth-order valence-corrected chi connectivity index (χ4v) is 5.02. The van der Waals surface area contributed by atoms with Gasteiger partial charge in [0, 0.05) is 24.3 Å². The quantitative estimate of drug-likeness (QED) is 0.687. The molecular formula is C23H29N3O5S. The van der Waals surface area contributed by atoms with E-state index in [-0.39, 0.29) is 10.6 Å². The van der Waals surface area contributed by atoms with Crippen molar-refractivity contribution < 1.29 is 22.7 Å². The number of sulfonamides is 1. The van der Waals surface area contributed by atoms with Crippen molar-refractivity contribution in [1.29, 1.82) is 0 Å². The molecule has 172 valence electrons. The Hall–Kier alpha value is -2.91. The highest BCUT2D eigenvalue weighted by molar-refractivity contribution is 7.89. The summed E-state index contributed by atoms with van der Waals surface area (Å²) in [4.78, 5) is 24.7. The lowest BCUT2D eigenvalue weighted by Crippen LogP contribution is -2.36. The SMILES string of the molecule is CC(C)(C)OC(=O)Nc1ccc(C(=O)Nc2ccccc2S(=O)(=O)N2CCCCC2)cc1. The minimum Gasteiger partial charge on any atom is -0.444 e. The zero-order valence-electron chi connectivity index (χ0n) is 18.6. The number of amides is 2. The third-order valence-corrected chi connectivity index (χ3v) is 6.82. The number of nitrogens with zero attached hydrogens (tertiary/aromatic N) is 1. The molecule has 1 heterocycles. The van der Waals surface area contributed by atoms with Crippen LogP contribution in [0.4, 0.5) is 16.2 Å². The Morgan fingerprint density at radius 1 is 0.906 bits per heavy atom. The van der Waals surface area contributed by atoms with E-state index in [1.165, 1.54) is 10.4 Å². The minimum atomic E-state index is -3.70. The van der Waals surface area contributed by atoms with Crippen molar-refractivity contribution in [2.24, 2.45) is 0 Å². The van der Waals surface area contributed by atoms with Crippen molar-refractivity contribution >= 4 is 33.4 Å². The van der Waals surface area contributed by atoms with E-state index >= 15 is 0 Å². The van der Waals surface area contributed by atoms with Gasteiger partial charge in [0.2, 0.25) is 10.0 Å². The van der Waals surface area contributed by atoms with Gasteiger partial charge in [-0.25, -0.2) is 13.2 Å². The van der Waals surface area contributed by atoms with Crippen molar-refractivity contribution in [2.75, 3.05) is 23.7 Å². The van der Waals surface area contributed by atoms with Crippen LogP contribution in [-0.4, -0.2) is 43.4 Å². The van der Waals surface area contributed by atoms with Gasteiger partial charge in [-0.1, -0.05) is 18.6 Å². The number of benzene rings is 2. The highest BCUT2D eigenvalue weighted by Crippen LogP contribution is 2.27. The fraction of sp³-hybridized carbons (Fsp3) is 0.391. The predicted molar refractivity (Wildman–Crippen MR) is 123 cm³/mol. The molecule has 0 atom stereocenters. The lowest BCUT2D eigenvalue weighted by atomic mass is 10.2. The molecule has 2 aromatic carbocycles. The van der Waals surface area contributed by atoms with E-state index < -0.39 is 27.6 Å². The number of anilines is 2. The van der Waals surface area contributed by atoms with Crippen molar-refractivity contribution in [3.63, 3.8) is 0 Å². The standard InChI is InChI=1S/C23H29N3O5S/c1-23(2,3)31-22(28)24-18-13-11-17(12-14-18)21(27)25-19-9-5-6-10-20(19)32(29,30)26-15-7-4-8-16-26/h5-6,9-14H,4,7-8,15-16H2,1-3H3,(H,24,28)(H,25,27). The first kappa shape index (κ1) is 23.7. The number of carbonyl (C=O) groups is 2. The van der Waals surface area contributed by atoms with Crippen LogP contribution in [0.2, 0.25) is 0 Å². The lowest BCUT2D eigenvalue weighted by Gasteiger charge is -2.26. The van der Waals surface area contributed by atoms with Crippen LogP contribution in [0.5, 0.6) is 0 Å². The maximum atomic E-state index is 13.1. The summed E-state index contributed by atoms with van der Waals surface area (Å²) in [5.41, 5.74) is 0.416. The molecule has 0 bridgehead atoms. The van der Waals surface area contributed by atoms with Gasteiger partial charge in [0.25, 0.3) is 5.91 Å². The molecule has 8 nitrogen and oxygen atoms in total. The van der Waals surface area contributed by atoms with Crippen LogP contribution in [0.1, 0.15) is 50.4 Å². The van der Waals surface area contributed by atoms with Gasteiger partial charge in [0.15, 0.2) is 0 Å². The van der Waals surface area contributed by atoms with E-state index in [0.29, 0.717) is 24.3 Å².